The van der Waals surface area contributed by atoms with Gasteiger partial charge in [-0.25, -0.2) is 9.97 Å². The van der Waals surface area contributed by atoms with Crippen LogP contribution >= 0.6 is 11.8 Å². The van der Waals surface area contributed by atoms with Gasteiger partial charge in [-0.2, -0.15) is 0 Å². The lowest BCUT2D eigenvalue weighted by Gasteiger charge is -2.21. The van der Waals surface area contributed by atoms with Gasteiger partial charge in [0.2, 0.25) is 0 Å². The average Bonchev–Trinajstić information content (AvgIpc) is 2.25. The molecule has 1 aromatic heterocycles. The Morgan fingerprint density at radius 1 is 1.12 bits per heavy atom. The first kappa shape index (κ1) is 14.5. The smallest absolute Gasteiger partial charge is 0.187 e. The molecule has 96 valence electrons. The van der Waals surface area contributed by atoms with E-state index in [9.17, 15) is 0 Å². The maximum atomic E-state index is 5.71. The molecular weight excluding hydrogens is 230 g/mol. The Bertz CT molecular complexity index is 365. The molecule has 0 atom stereocenters. The Kier molecular flexibility index (Phi) is 4.95. The van der Waals surface area contributed by atoms with E-state index in [0.29, 0.717) is 0 Å². The van der Waals surface area contributed by atoms with Gasteiger partial charge in [0.25, 0.3) is 0 Å². The van der Waals surface area contributed by atoms with Crippen molar-refractivity contribution in [1.82, 2.24) is 9.97 Å². The Balaban J connectivity index is 2.59. The summed E-state index contributed by atoms with van der Waals surface area (Å²) in [6.07, 6.45) is 1.09. The van der Waals surface area contributed by atoms with Crippen molar-refractivity contribution in [2.24, 2.45) is 11.1 Å². The molecule has 1 aromatic rings. The van der Waals surface area contributed by atoms with Gasteiger partial charge in [-0.1, -0.05) is 25.6 Å². The fourth-order valence-corrected chi connectivity index (χ4v) is 2.57. The number of aryl methyl sites for hydroxylation is 2. The minimum absolute atomic E-state index is 0.210. The van der Waals surface area contributed by atoms with Crippen molar-refractivity contribution >= 4 is 11.8 Å². The first-order valence-electron chi connectivity index (χ1n) is 6.00. The van der Waals surface area contributed by atoms with E-state index in [1.807, 2.05) is 13.8 Å². The Hall–Kier alpha value is -0.610. The molecule has 0 saturated heterocycles. The van der Waals surface area contributed by atoms with Gasteiger partial charge in [0.05, 0.1) is 0 Å². The third-order valence-corrected chi connectivity index (χ3v) is 4.02. The summed E-state index contributed by atoms with van der Waals surface area (Å²) in [6, 6.07) is 0. The summed E-state index contributed by atoms with van der Waals surface area (Å²) in [7, 11) is 0. The van der Waals surface area contributed by atoms with Crippen LogP contribution in [0, 0.1) is 26.2 Å². The van der Waals surface area contributed by atoms with Crippen LogP contribution in [0.15, 0.2) is 5.16 Å². The fourth-order valence-electron chi connectivity index (χ4n) is 1.33. The predicted octanol–water partition coefficient (Wildman–Crippen LogP) is 2.87. The molecule has 0 amide bonds. The van der Waals surface area contributed by atoms with Gasteiger partial charge in [-0.3, -0.25) is 0 Å². The molecule has 0 spiro atoms. The molecule has 0 bridgehead atoms. The number of nitrogens with two attached hydrogens (primary N) is 1. The molecule has 3 nitrogen and oxygen atoms in total. The zero-order chi connectivity index (χ0) is 13.1. The molecule has 0 aliphatic carbocycles. The number of aromatic nitrogens is 2. The van der Waals surface area contributed by atoms with E-state index in [2.05, 4.69) is 30.7 Å². The van der Waals surface area contributed by atoms with Crippen molar-refractivity contribution in [3.05, 3.63) is 17.0 Å². The second kappa shape index (κ2) is 5.83. The number of nitrogens with zero attached hydrogens (tertiary/aromatic N) is 2. The van der Waals surface area contributed by atoms with Crippen LogP contribution in [0.25, 0.3) is 0 Å². The van der Waals surface area contributed by atoms with Crippen molar-refractivity contribution in [2.45, 2.75) is 46.2 Å². The maximum Gasteiger partial charge on any atom is 0.187 e. The van der Waals surface area contributed by atoms with Crippen LogP contribution in [0.1, 0.15) is 37.2 Å². The number of hydrogen-bond donors (Lipinski definition) is 1. The van der Waals surface area contributed by atoms with Gasteiger partial charge in [0.15, 0.2) is 5.16 Å². The van der Waals surface area contributed by atoms with E-state index < -0.39 is 0 Å². The third kappa shape index (κ3) is 4.28. The molecule has 1 rings (SSSR count). The van der Waals surface area contributed by atoms with Gasteiger partial charge in [-0.15, -0.1) is 0 Å². The van der Waals surface area contributed by atoms with Crippen LogP contribution in [0.5, 0.6) is 0 Å². The highest BCUT2D eigenvalue weighted by Gasteiger charge is 2.15. The Morgan fingerprint density at radius 2 is 1.65 bits per heavy atom. The molecule has 0 unspecified atom stereocenters. The highest BCUT2D eigenvalue weighted by atomic mass is 32.2. The van der Waals surface area contributed by atoms with Crippen molar-refractivity contribution < 1.29 is 0 Å². The summed E-state index contributed by atoms with van der Waals surface area (Å²) in [5.74, 6) is 1.02. The molecule has 0 saturated carbocycles. The maximum absolute atomic E-state index is 5.71. The first-order chi connectivity index (χ1) is 7.85. The molecule has 0 aromatic carbocycles. The standard InChI is InChI=1S/C13H23N3S/c1-9-10(2)15-12(16-11(9)3)17-7-6-13(4,5)8-14/h6-8,14H2,1-5H3. The van der Waals surface area contributed by atoms with E-state index in [1.165, 1.54) is 5.56 Å². The number of hydrogen-bond acceptors (Lipinski definition) is 4. The Labute approximate surface area is 109 Å². The predicted molar refractivity (Wildman–Crippen MR) is 74.4 cm³/mol. The normalized spacial score (nSPS) is 11.9. The zero-order valence-electron chi connectivity index (χ0n) is 11.5. The number of thioether (sulfide) groups is 1. The molecule has 0 fully saturated rings. The largest absolute Gasteiger partial charge is 0.330 e. The molecular formula is C13H23N3S. The lowest BCUT2D eigenvalue weighted by atomic mass is 9.91. The first-order valence-corrected chi connectivity index (χ1v) is 6.99. The van der Waals surface area contributed by atoms with Crippen LogP contribution in [-0.2, 0) is 0 Å². The molecule has 1 heterocycles. The summed E-state index contributed by atoms with van der Waals surface area (Å²) >= 11 is 1.72. The molecule has 4 heteroatoms. The Morgan fingerprint density at radius 3 is 2.12 bits per heavy atom. The summed E-state index contributed by atoms with van der Waals surface area (Å²) in [6.45, 7) is 11.3. The van der Waals surface area contributed by atoms with Gasteiger partial charge < -0.3 is 5.73 Å². The van der Waals surface area contributed by atoms with Crippen LogP contribution in [-0.4, -0.2) is 22.3 Å². The lowest BCUT2D eigenvalue weighted by Crippen LogP contribution is -2.24. The molecule has 0 radical (unpaired) electrons. The van der Waals surface area contributed by atoms with Crippen molar-refractivity contribution in [1.29, 1.82) is 0 Å². The van der Waals surface area contributed by atoms with Gasteiger partial charge in [0.1, 0.15) is 0 Å². The SMILES string of the molecule is Cc1nc(SCCC(C)(C)CN)nc(C)c1C. The number of rotatable bonds is 5. The van der Waals surface area contributed by atoms with E-state index in [-0.39, 0.29) is 5.41 Å². The van der Waals surface area contributed by atoms with E-state index in [4.69, 9.17) is 5.73 Å². The topological polar surface area (TPSA) is 51.8 Å². The van der Waals surface area contributed by atoms with Gasteiger partial charge in [0, 0.05) is 17.1 Å². The second-order valence-corrected chi connectivity index (χ2v) is 6.33. The van der Waals surface area contributed by atoms with Crippen LogP contribution < -0.4 is 5.73 Å². The summed E-state index contributed by atoms with van der Waals surface area (Å²) in [4.78, 5) is 9.00. The monoisotopic (exact) mass is 253 g/mol. The van der Waals surface area contributed by atoms with Crippen molar-refractivity contribution in [3.8, 4) is 0 Å². The lowest BCUT2D eigenvalue weighted by molar-refractivity contribution is 0.368. The van der Waals surface area contributed by atoms with Crippen LogP contribution in [0.4, 0.5) is 0 Å². The minimum Gasteiger partial charge on any atom is -0.330 e. The highest BCUT2D eigenvalue weighted by Crippen LogP contribution is 2.24. The minimum atomic E-state index is 0.210. The fraction of sp³-hybridized carbons (Fsp3) is 0.692. The summed E-state index contributed by atoms with van der Waals surface area (Å²) in [5.41, 5.74) is 9.28. The van der Waals surface area contributed by atoms with Crippen molar-refractivity contribution in [3.63, 3.8) is 0 Å². The van der Waals surface area contributed by atoms with E-state index in [1.54, 1.807) is 11.8 Å². The van der Waals surface area contributed by atoms with Gasteiger partial charge in [-0.05, 0) is 44.7 Å². The van der Waals surface area contributed by atoms with E-state index in [0.717, 1.165) is 35.3 Å². The molecule has 0 aliphatic heterocycles. The third-order valence-electron chi connectivity index (χ3n) is 3.17. The average molecular weight is 253 g/mol. The quantitative estimate of drug-likeness (QED) is 0.647. The summed E-state index contributed by atoms with van der Waals surface area (Å²) < 4.78 is 0. The molecule has 2 N–H and O–H groups in total. The van der Waals surface area contributed by atoms with Gasteiger partial charge >= 0.3 is 0 Å². The van der Waals surface area contributed by atoms with Crippen LogP contribution in [0.2, 0.25) is 0 Å². The highest BCUT2D eigenvalue weighted by molar-refractivity contribution is 7.99. The molecule has 17 heavy (non-hydrogen) atoms. The zero-order valence-corrected chi connectivity index (χ0v) is 12.3. The van der Waals surface area contributed by atoms with Crippen LogP contribution in [0.3, 0.4) is 0 Å². The summed E-state index contributed by atoms with van der Waals surface area (Å²) in [5, 5.41) is 0.887. The second-order valence-electron chi connectivity index (χ2n) is 5.27. The van der Waals surface area contributed by atoms with E-state index >= 15 is 0 Å². The van der Waals surface area contributed by atoms with Crippen molar-refractivity contribution in [2.75, 3.05) is 12.3 Å². The molecule has 0 aliphatic rings.